The molecule has 2 aromatic rings. The molecule has 32 heavy (non-hydrogen) atoms. The van der Waals surface area contributed by atoms with Gasteiger partial charge in [-0.2, -0.15) is 5.26 Å². The summed E-state index contributed by atoms with van der Waals surface area (Å²) in [5, 5.41) is 14.5. The van der Waals surface area contributed by atoms with Gasteiger partial charge in [0.1, 0.15) is 11.9 Å². The summed E-state index contributed by atoms with van der Waals surface area (Å²) < 4.78 is 15.1. The second-order valence-corrected chi connectivity index (χ2v) is 8.66. The number of halogens is 1. The first-order valence-electron chi connectivity index (χ1n) is 10.6. The first kappa shape index (κ1) is 23.2. The maximum absolute atomic E-state index is 13.6. The predicted molar refractivity (Wildman–Crippen MR) is 118 cm³/mol. The predicted octanol–water partition coefficient (Wildman–Crippen LogP) is 3.93. The number of nitrogens with zero attached hydrogens (tertiary/aromatic N) is 2. The minimum Gasteiger partial charge on any atom is -0.344 e. The van der Waals surface area contributed by atoms with Crippen molar-refractivity contribution in [3.05, 3.63) is 52.1 Å². The van der Waals surface area contributed by atoms with Gasteiger partial charge in [-0.25, -0.2) is 4.39 Å². The quantitative estimate of drug-likeness (QED) is 0.545. The van der Waals surface area contributed by atoms with E-state index in [0.29, 0.717) is 11.3 Å². The highest BCUT2D eigenvalue weighted by Crippen LogP contribution is 2.28. The number of nitriles is 1. The maximum Gasteiger partial charge on any atom is 0.294 e. The molecule has 1 saturated carbocycles. The van der Waals surface area contributed by atoms with Crippen LogP contribution in [0.15, 0.2) is 18.2 Å². The summed E-state index contributed by atoms with van der Waals surface area (Å²) >= 11 is 0. The number of anilines is 1. The van der Waals surface area contributed by atoms with E-state index in [-0.39, 0.29) is 22.5 Å². The summed E-state index contributed by atoms with van der Waals surface area (Å²) in [6, 6.07) is 5.42. The molecule has 2 amide bonds. The van der Waals surface area contributed by atoms with Crippen LogP contribution in [0.4, 0.5) is 10.1 Å². The van der Waals surface area contributed by atoms with E-state index in [1.165, 1.54) is 12.1 Å². The van der Waals surface area contributed by atoms with Crippen LogP contribution in [0.2, 0.25) is 0 Å². The molecule has 0 bridgehead atoms. The number of nitrogens with one attached hydrogen (secondary N) is 2. The highest BCUT2D eigenvalue weighted by Gasteiger charge is 2.34. The summed E-state index contributed by atoms with van der Waals surface area (Å²) in [7, 11) is 1.63. The van der Waals surface area contributed by atoms with Gasteiger partial charge in [0.05, 0.1) is 16.8 Å². The number of hydrogen-bond donors (Lipinski definition) is 2. The van der Waals surface area contributed by atoms with Gasteiger partial charge in [-0.15, -0.1) is 0 Å². The Hall–Kier alpha value is -3.47. The lowest BCUT2D eigenvalue weighted by molar-refractivity contribution is -0.119. The zero-order chi connectivity index (χ0) is 23.6. The number of Topliss-reactive ketones (excluding diaryl/α,β-unsaturated/α-hetero) is 1. The number of ketones is 1. The van der Waals surface area contributed by atoms with Gasteiger partial charge in [0.15, 0.2) is 0 Å². The maximum atomic E-state index is 13.6. The lowest BCUT2D eigenvalue weighted by Gasteiger charge is -2.34. The van der Waals surface area contributed by atoms with Crippen LogP contribution in [-0.2, 0) is 11.8 Å². The van der Waals surface area contributed by atoms with Crippen molar-refractivity contribution in [2.24, 2.45) is 7.05 Å². The Kier molecular flexibility index (Phi) is 6.49. The Bertz CT molecular complexity index is 1140. The number of hydrogen-bond acceptors (Lipinski definition) is 4. The largest absolute Gasteiger partial charge is 0.344 e. The van der Waals surface area contributed by atoms with Crippen LogP contribution in [-0.4, -0.2) is 27.7 Å². The molecule has 0 saturated heterocycles. The van der Waals surface area contributed by atoms with Crippen LogP contribution in [0.1, 0.15) is 76.7 Å². The Morgan fingerprint density at radius 2 is 1.81 bits per heavy atom. The van der Waals surface area contributed by atoms with Crippen LogP contribution >= 0.6 is 0 Å². The van der Waals surface area contributed by atoms with E-state index in [2.05, 4.69) is 10.6 Å². The molecule has 0 unspecified atom stereocenters. The number of benzene rings is 1. The third-order valence-electron chi connectivity index (χ3n) is 6.30. The fourth-order valence-corrected chi connectivity index (χ4v) is 4.41. The van der Waals surface area contributed by atoms with Crippen molar-refractivity contribution >= 4 is 23.3 Å². The highest BCUT2D eigenvalue weighted by atomic mass is 19.1. The van der Waals surface area contributed by atoms with Gasteiger partial charge in [0, 0.05) is 24.0 Å². The lowest BCUT2D eigenvalue weighted by Crippen LogP contribution is -2.50. The number of aromatic nitrogens is 1. The third-order valence-corrected chi connectivity index (χ3v) is 6.30. The molecule has 1 aromatic carbocycles. The van der Waals surface area contributed by atoms with Gasteiger partial charge in [0.25, 0.3) is 17.6 Å². The summed E-state index contributed by atoms with van der Waals surface area (Å²) in [6.07, 6.45) is 4.79. The second-order valence-electron chi connectivity index (χ2n) is 8.66. The summed E-state index contributed by atoms with van der Waals surface area (Å²) in [5.74, 6) is -2.55. The van der Waals surface area contributed by atoms with E-state index in [1.54, 1.807) is 31.5 Å². The van der Waals surface area contributed by atoms with E-state index in [4.69, 9.17) is 5.26 Å². The Balaban J connectivity index is 1.86. The molecule has 0 aliphatic heterocycles. The summed E-state index contributed by atoms with van der Waals surface area (Å²) in [5.41, 5.74) is 0.985. The monoisotopic (exact) mass is 438 g/mol. The molecule has 1 aromatic heterocycles. The molecule has 1 fully saturated rings. The molecule has 3 rings (SSSR count). The molecule has 0 spiro atoms. The van der Waals surface area contributed by atoms with Crippen molar-refractivity contribution in [3.63, 3.8) is 0 Å². The smallest absolute Gasteiger partial charge is 0.294 e. The first-order chi connectivity index (χ1) is 15.1. The third kappa shape index (κ3) is 4.42. The molecule has 2 N–H and O–H groups in total. The van der Waals surface area contributed by atoms with Crippen LogP contribution in [0.25, 0.3) is 0 Å². The van der Waals surface area contributed by atoms with Crippen molar-refractivity contribution in [2.45, 2.75) is 58.4 Å². The molecule has 7 nitrogen and oxygen atoms in total. The topological polar surface area (TPSA) is 104 Å². The molecular weight excluding hydrogens is 411 g/mol. The molecule has 1 heterocycles. The fourth-order valence-electron chi connectivity index (χ4n) is 4.41. The van der Waals surface area contributed by atoms with Gasteiger partial charge in [-0.05, 0) is 57.4 Å². The van der Waals surface area contributed by atoms with Crippen molar-refractivity contribution in [1.29, 1.82) is 5.26 Å². The van der Waals surface area contributed by atoms with E-state index >= 15 is 0 Å². The van der Waals surface area contributed by atoms with E-state index in [0.717, 1.165) is 38.2 Å². The van der Waals surface area contributed by atoms with Gasteiger partial charge < -0.3 is 15.2 Å². The first-order valence-corrected chi connectivity index (χ1v) is 10.6. The molecule has 1 aliphatic carbocycles. The van der Waals surface area contributed by atoms with E-state index in [9.17, 15) is 18.8 Å². The van der Waals surface area contributed by atoms with Gasteiger partial charge in [0.2, 0.25) is 0 Å². The zero-order valence-electron chi connectivity index (χ0n) is 18.8. The number of carbonyl (C=O) groups is 3. The minimum atomic E-state index is -0.688. The number of amides is 2. The van der Waals surface area contributed by atoms with Crippen LogP contribution < -0.4 is 10.6 Å². The van der Waals surface area contributed by atoms with Crippen molar-refractivity contribution in [2.75, 3.05) is 5.32 Å². The highest BCUT2D eigenvalue weighted by molar-refractivity contribution is 6.43. The Labute approximate surface area is 186 Å². The number of rotatable bonds is 5. The Morgan fingerprint density at radius 1 is 1.16 bits per heavy atom. The van der Waals surface area contributed by atoms with Gasteiger partial charge in [-0.3, -0.25) is 14.4 Å². The number of carbonyl (C=O) groups excluding carboxylic acids is 3. The van der Waals surface area contributed by atoms with E-state index in [1.807, 2.05) is 6.92 Å². The van der Waals surface area contributed by atoms with Gasteiger partial charge >= 0.3 is 0 Å². The van der Waals surface area contributed by atoms with Crippen LogP contribution in [0.5, 0.6) is 0 Å². The zero-order valence-corrected chi connectivity index (χ0v) is 18.8. The van der Waals surface area contributed by atoms with Crippen molar-refractivity contribution < 1.29 is 18.8 Å². The summed E-state index contributed by atoms with van der Waals surface area (Å²) in [4.78, 5) is 38.7. The van der Waals surface area contributed by atoms with Gasteiger partial charge in [-0.1, -0.05) is 19.3 Å². The second kappa shape index (κ2) is 8.95. The standard InChI is InChI=1S/C24H27FN4O3/c1-14-19(22(31)27-17-8-9-18(25)16(12-17)13-26)15(2)29(4)20(14)21(30)23(32)28-24(3)10-6-5-7-11-24/h8-9,12H,5-7,10-11H2,1-4H3,(H,27,31)(H,28,32). The van der Waals surface area contributed by atoms with Crippen molar-refractivity contribution in [1.82, 2.24) is 9.88 Å². The molecule has 1 aliphatic rings. The van der Waals surface area contributed by atoms with Crippen LogP contribution in [0.3, 0.4) is 0 Å². The average molecular weight is 439 g/mol. The summed E-state index contributed by atoms with van der Waals surface area (Å²) in [6.45, 7) is 5.26. The fraction of sp³-hybridized carbons (Fsp3) is 0.417. The molecule has 0 radical (unpaired) electrons. The lowest BCUT2D eigenvalue weighted by atomic mass is 9.83. The van der Waals surface area contributed by atoms with E-state index < -0.39 is 29.0 Å². The minimum absolute atomic E-state index is 0.154. The van der Waals surface area contributed by atoms with Crippen molar-refractivity contribution in [3.8, 4) is 6.07 Å². The SMILES string of the molecule is Cc1c(C(=O)Nc2ccc(F)c(C#N)c2)c(C)n(C)c1C(=O)C(=O)NC1(C)CCCCC1. The Morgan fingerprint density at radius 3 is 2.44 bits per heavy atom. The average Bonchev–Trinajstić information content (AvgIpc) is 2.97. The molecule has 0 atom stereocenters. The molecular formula is C24H27FN4O3. The normalized spacial score (nSPS) is 15.0. The molecule has 8 heteroatoms. The van der Waals surface area contributed by atoms with Crippen LogP contribution in [0, 0.1) is 31.0 Å². The molecule has 168 valence electrons.